The number of rotatable bonds is 18. The van der Waals surface area contributed by atoms with Crippen LogP contribution in [0.4, 0.5) is 4.79 Å². The van der Waals surface area contributed by atoms with Gasteiger partial charge in [-0.1, -0.05) is 88.4 Å². The number of hydrogen-bond acceptors (Lipinski definition) is 7. The molecule has 0 aromatic heterocycles. The number of aliphatic hydroxyl groups excluding tert-OH is 2. The lowest BCUT2D eigenvalue weighted by molar-refractivity contribution is -0.131. The quantitative estimate of drug-likeness (QED) is 0.129. The van der Waals surface area contributed by atoms with Crippen LogP contribution in [0.1, 0.15) is 78.9 Å². The molecule has 5 atom stereocenters. The summed E-state index contributed by atoms with van der Waals surface area (Å²) in [4.78, 5) is 51.6. The lowest BCUT2D eigenvalue weighted by Crippen LogP contribution is -2.50. The SMILES string of the molecule is CC(C)C[C@H](NC(=O)CC(O)[C@H](CC(C)C)NC(=O)/C=C/C(O)[C@H](Cc1ccccc1)NC(=O)OC(C)(C)C)C(=O)NCc1ccccc1. The molecular weight excluding hydrogens is 624 g/mol. The minimum atomic E-state index is -1.25. The zero-order valence-corrected chi connectivity index (χ0v) is 29.9. The van der Waals surface area contributed by atoms with Crippen LogP contribution < -0.4 is 21.3 Å². The first-order valence-electron chi connectivity index (χ1n) is 17.0. The van der Waals surface area contributed by atoms with E-state index >= 15 is 0 Å². The van der Waals surface area contributed by atoms with E-state index in [9.17, 15) is 29.4 Å². The highest BCUT2D eigenvalue weighted by molar-refractivity contribution is 5.89. The predicted octanol–water partition coefficient (Wildman–Crippen LogP) is 4.17. The Morgan fingerprint density at radius 3 is 1.90 bits per heavy atom. The monoisotopic (exact) mass is 680 g/mol. The number of carbonyl (C=O) groups is 4. The minimum Gasteiger partial charge on any atom is -0.444 e. The largest absolute Gasteiger partial charge is 0.444 e. The Balaban J connectivity index is 2.06. The van der Waals surface area contributed by atoms with Gasteiger partial charge < -0.3 is 36.2 Å². The van der Waals surface area contributed by atoms with Gasteiger partial charge in [0.15, 0.2) is 0 Å². The summed E-state index contributed by atoms with van der Waals surface area (Å²) in [6.07, 6.45) is -0.0297. The van der Waals surface area contributed by atoms with Crippen molar-refractivity contribution in [3.63, 3.8) is 0 Å². The van der Waals surface area contributed by atoms with Gasteiger partial charge in [0.2, 0.25) is 17.7 Å². The summed E-state index contributed by atoms with van der Waals surface area (Å²) in [5, 5.41) is 33.2. The molecule has 11 heteroatoms. The van der Waals surface area contributed by atoms with Crippen LogP contribution in [0, 0.1) is 11.8 Å². The molecule has 49 heavy (non-hydrogen) atoms. The molecule has 2 aromatic rings. The first-order valence-corrected chi connectivity index (χ1v) is 17.0. The van der Waals surface area contributed by atoms with E-state index in [1.54, 1.807) is 20.8 Å². The van der Waals surface area contributed by atoms with Gasteiger partial charge in [0.1, 0.15) is 11.6 Å². The molecule has 0 heterocycles. The van der Waals surface area contributed by atoms with E-state index in [1.807, 2.05) is 88.4 Å². The minimum absolute atomic E-state index is 0.0725. The van der Waals surface area contributed by atoms with E-state index in [0.29, 0.717) is 19.4 Å². The summed E-state index contributed by atoms with van der Waals surface area (Å²) in [6, 6.07) is 16.4. The van der Waals surface area contributed by atoms with Gasteiger partial charge >= 0.3 is 6.09 Å². The average Bonchev–Trinajstić information content (AvgIpc) is 3.01. The molecule has 0 fully saturated rings. The van der Waals surface area contributed by atoms with Gasteiger partial charge in [0.05, 0.1) is 30.7 Å². The van der Waals surface area contributed by atoms with Crippen LogP contribution in [-0.4, -0.2) is 70.0 Å². The number of amides is 4. The molecule has 11 nitrogen and oxygen atoms in total. The molecule has 0 spiro atoms. The maximum absolute atomic E-state index is 13.1. The zero-order valence-electron chi connectivity index (χ0n) is 29.9. The van der Waals surface area contributed by atoms with E-state index in [4.69, 9.17) is 4.74 Å². The highest BCUT2D eigenvalue weighted by atomic mass is 16.6. The number of benzene rings is 2. The third kappa shape index (κ3) is 17.1. The zero-order chi connectivity index (χ0) is 36.6. The third-order valence-electron chi connectivity index (χ3n) is 7.44. The fraction of sp³-hybridized carbons (Fsp3) is 0.526. The summed E-state index contributed by atoms with van der Waals surface area (Å²) in [6.45, 7) is 13.3. The highest BCUT2D eigenvalue weighted by Gasteiger charge is 2.28. The molecule has 2 unspecified atom stereocenters. The molecule has 0 aliphatic rings. The van der Waals surface area contributed by atoms with Gasteiger partial charge in [0.25, 0.3) is 0 Å². The first kappa shape index (κ1) is 41.0. The lowest BCUT2D eigenvalue weighted by Gasteiger charge is -2.27. The number of ether oxygens (including phenoxy) is 1. The van der Waals surface area contributed by atoms with Crippen molar-refractivity contribution in [3.8, 4) is 0 Å². The van der Waals surface area contributed by atoms with E-state index in [-0.39, 0.29) is 30.6 Å². The highest BCUT2D eigenvalue weighted by Crippen LogP contribution is 2.14. The third-order valence-corrected chi connectivity index (χ3v) is 7.44. The van der Waals surface area contributed by atoms with Gasteiger partial charge in [-0.05, 0) is 69.1 Å². The molecule has 0 bridgehead atoms. The van der Waals surface area contributed by atoms with Crippen LogP contribution in [0.5, 0.6) is 0 Å². The summed E-state index contributed by atoms with van der Waals surface area (Å²) < 4.78 is 5.37. The number of carbonyl (C=O) groups excluding carboxylic acids is 4. The maximum Gasteiger partial charge on any atom is 0.407 e. The number of aliphatic hydroxyl groups is 2. The summed E-state index contributed by atoms with van der Waals surface area (Å²) in [7, 11) is 0. The maximum atomic E-state index is 13.1. The summed E-state index contributed by atoms with van der Waals surface area (Å²) >= 11 is 0. The van der Waals surface area contributed by atoms with E-state index in [1.165, 1.54) is 6.08 Å². The second-order valence-electron chi connectivity index (χ2n) is 14.3. The van der Waals surface area contributed by atoms with Gasteiger partial charge in [-0.25, -0.2) is 4.79 Å². The van der Waals surface area contributed by atoms with Gasteiger partial charge in [-0.3, -0.25) is 14.4 Å². The van der Waals surface area contributed by atoms with Crippen molar-refractivity contribution in [1.29, 1.82) is 0 Å². The molecule has 270 valence electrons. The Morgan fingerprint density at radius 1 is 0.776 bits per heavy atom. The van der Waals surface area contributed by atoms with Crippen molar-refractivity contribution in [1.82, 2.24) is 21.3 Å². The van der Waals surface area contributed by atoms with Crippen LogP contribution in [0.3, 0.4) is 0 Å². The van der Waals surface area contributed by atoms with Crippen LogP contribution >= 0.6 is 0 Å². The number of alkyl carbamates (subject to hydrolysis) is 1. The van der Waals surface area contributed by atoms with Gasteiger partial charge in [-0.15, -0.1) is 0 Å². The van der Waals surface area contributed by atoms with Crippen LogP contribution in [0.25, 0.3) is 0 Å². The van der Waals surface area contributed by atoms with E-state index in [0.717, 1.165) is 17.2 Å². The lowest BCUT2D eigenvalue weighted by atomic mass is 9.96. The smallest absolute Gasteiger partial charge is 0.407 e. The molecule has 0 aliphatic carbocycles. The Kier molecular flexibility index (Phi) is 17.0. The Labute approximate surface area is 291 Å². The first-order chi connectivity index (χ1) is 23.0. The topological polar surface area (TPSA) is 166 Å². The second kappa shape index (κ2) is 20.3. The van der Waals surface area contributed by atoms with E-state index in [2.05, 4.69) is 21.3 Å². The average molecular weight is 681 g/mol. The van der Waals surface area contributed by atoms with Crippen molar-refractivity contribution < 1.29 is 34.1 Å². The summed E-state index contributed by atoms with van der Waals surface area (Å²) in [5.74, 6) is -1.22. The van der Waals surface area contributed by atoms with Crippen molar-refractivity contribution in [2.75, 3.05) is 0 Å². The summed E-state index contributed by atoms with van der Waals surface area (Å²) in [5.41, 5.74) is 1.05. The van der Waals surface area contributed by atoms with Crippen molar-refractivity contribution in [2.45, 2.75) is 117 Å². The standard InChI is InChI=1S/C38H56N4O7/c1-25(2)20-29(33(44)23-35(46)41-31(21-26(3)4)36(47)39-24-28-16-12-9-13-17-28)40-34(45)19-18-32(43)30(22-27-14-10-8-11-15-27)42-37(48)49-38(5,6)7/h8-19,25-26,29-33,43-44H,20-24H2,1-7H3,(H,39,47)(H,40,45)(H,41,46)(H,42,48)/b19-18+/t29-,30-,31-,32?,33?/m0/s1. The van der Waals surface area contributed by atoms with Crippen molar-refractivity contribution >= 4 is 23.8 Å². The predicted molar refractivity (Wildman–Crippen MR) is 190 cm³/mol. The van der Waals surface area contributed by atoms with Crippen LogP contribution in [0.2, 0.25) is 0 Å². The normalized spacial score (nSPS) is 14.8. The Bertz CT molecular complexity index is 1340. The molecule has 0 saturated carbocycles. The van der Waals surface area contributed by atoms with Crippen LogP contribution in [0.15, 0.2) is 72.8 Å². The number of nitrogens with one attached hydrogen (secondary N) is 4. The Morgan fingerprint density at radius 2 is 1.35 bits per heavy atom. The molecule has 2 rings (SSSR count). The number of hydrogen-bond donors (Lipinski definition) is 6. The fourth-order valence-corrected chi connectivity index (χ4v) is 5.15. The Hall–Kier alpha value is -4.22. The van der Waals surface area contributed by atoms with Gasteiger partial charge in [0, 0.05) is 12.6 Å². The van der Waals surface area contributed by atoms with Crippen molar-refractivity contribution in [3.05, 3.63) is 83.9 Å². The van der Waals surface area contributed by atoms with Crippen molar-refractivity contribution in [2.24, 2.45) is 11.8 Å². The van der Waals surface area contributed by atoms with Gasteiger partial charge in [-0.2, -0.15) is 0 Å². The molecule has 4 amide bonds. The molecule has 0 radical (unpaired) electrons. The molecule has 0 aliphatic heterocycles. The second-order valence-corrected chi connectivity index (χ2v) is 14.3. The molecular formula is C38H56N4O7. The van der Waals surface area contributed by atoms with E-state index < -0.39 is 53.8 Å². The van der Waals surface area contributed by atoms with Crippen LogP contribution in [-0.2, 0) is 32.1 Å². The molecule has 2 aromatic carbocycles. The molecule has 0 saturated heterocycles. The molecule has 6 N–H and O–H groups in total. The fourth-order valence-electron chi connectivity index (χ4n) is 5.15.